The summed E-state index contributed by atoms with van der Waals surface area (Å²) in [6.45, 7) is 1.92. The molecule has 0 spiro atoms. The first kappa shape index (κ1) is 18.7. The quantitative estimate of drug-likeness (QED) is 0.677. The van der Waals surface area contributed by atoms with E-state index in [4.69, 9.17) is 4.74 Å². The van der Waals surface area contributed by atoms with Crippen molar-refractivity contribution in [1.29, 1.82) is 0 Å². The SMILES string of the molecule is CN(C)C1CCN(c2ccnc3c2c(C=C2Oc4cccc(O)c4C2=O)cn3C)C1. The molecule has 154 valence electrons. The second-order valence-electron chi connectivity index (χ2n) is 8.17. The van der Waals surface area contributed by atoms with Crippen molar-refractivity contribution in [3.8, 4) is 11.5 Å². The number of nitrogens with zero attached hydrogens (tertiary/aromatic N) is 4. The molecule has 4 heterocycles. The van der Waals surface area contributed by atoms with E-state index >= 15 is 0 Å². The number of fused-ring (bicyclic) bond motifs is 2. The molecule has 7 heteroatoms. The van der Waals surface area contributed by atoms with Gasteiger partial charge < -0.3 is 24.2 Å². The summed E-state index contributed by atoms with van der Waals surface area (Å²) in [5.74, 6) is 0.229. The van der Waals surface area contributed by atoms with E-state index in [2.05, 4.69) is 28.9 Å². The molecule has 1 atom stereocenters. The molecule has 1 unspecified atom stereocenters. The molecular formula is C23H24N4O3. The Morgan fingerprint density at radius 2 is 2.13 bits per heavy atom. The number of carbonyl (C=O) groups excluding carboxylic acids is 1. The third-order valence-electron chi connectivity index (χ3n) is 6.06. The van der Waals surface area contributed by atoms with Crippen LogP contribution in [0.4, 0.5) is 5.69 Å². The number of hydrogen-bond donors (Lipinski definition) is 1. The molecule has 2 aliphatic rings. The highest BCUT2D eigenvalue weighted by molar-refractivity contribution is 6.17. The van der Waals surface area contributed by atoms with Crippen LogP contribution in [0, 0.1) is 0 Å². The van der Waals surface area contributed by atoms with E-state index in [9.17, 15) is 9.90 Å². The number of hydrogen-bond acceptors (Lipinski definition) is 6. The molecule has 7 nitrogen and oxygen atoms in total. The van der Waals surface area contributed by atoms with E-state index in [-0.39, 0.29) is 22.9 Å². The average Bonchev–Trinajstić information content (AvgIpc) is 3.41. The molecule has 2 aliphatic heterocycles. The zero-order valence-corrected chi connectivity index (χ0v) is 17.3. The molecule has 2 aromatic heterocycles. The number of pyridine rings is 1. The maximum absolute atomic E-state index is 12.8. The third-order valence-corrected chi connectivity index (χ3v) is 6.06. The van der Waals surface area contributed by atoms with Gasteiger partial charge >= 0.3 is 0 Å². The fourth-order valence-corrected chi connectivity index (χ4v) is 4.43. The van der Waals surface area contributed by atoms with Gasteiger partial charge in [0, 0.05) is 55.2 Å². The van der Waals surface area contributed by atoms with Crippen molar-refractivity contribution in [3.05, 3.63) is 53.5 Å². The van der Waals surface area contributed by atoms with Gasteiger partial charge in [0.25, 0.3) is 0 Å². The van der Waals surface area contributed by atoms with Gasteiger partial charge in [-0.15, -0.1) is 0 Å². The molecule has 1 aromatic carbocycles. The zero-order valence-electron chi connectivity index (χ0n) is 17.3. The summed E-state index contributed by atoms with van der Waals surface area (Å²) in [6, 6.07) is 7.41. The number of Topliss-reactive ketones (excluding diaryl/α,β-unsaturated/α-hetero) is 1. The lowest BCUT2D eigenvalue weighted by atomic mass is 10.1. The van der Waals surface area contributed by atoms with Crippen LogP contribution in [0.25, 0.3) is 17.1 Å². The number of aromatic nitrogens is 2. The van der Waals surface area contributed by atoms with Crippen LogP contribution in [-0.4, -0.2) is 58.6 Å². The summed E-state index contributed by atoms with van der Waals surface area (Å²) < 4.78 is 7.74. The van der Waals surface area contributed by atoms with Gasteiger partial charge in [0.05, 0.1) is 0 Å². The topological polar surface area (TPSA) is 70.8 Å². The molecule has 1 saturated heterocycles. The Hall–Kier alpha value is -3.32. The Balaban J connectivity index is 1.59. The lowest BCUT2D eigenvalue weighted by Crippen LogP contribution is -2.31. The Kier molecular flexibility index (Phi) is 4.29. The van der Waals surface area contributed by atoms with Gasteiger partial charge in [0.15, 0.2) is 5.76 Å². The number of aromatic hydroxyl groups is 1. The number of phenols is 1. The van der Waals surface area contributed by atoms with Crippen molar-refractivity contribution in [1.82, 2.24) is 14.5 Å². The number of benzene rings is 1. The lowest BCUT2D eigenvalue weighted by molar-refractivity contribution is 0.101. The number of likely N-dealkylation sites (N-methyl/N-ethyl adjacent to an activating group) is 1. The van der Waals surface area contributed by atoms with Crippen LogP contribution in [-0.2, 0) is 7.05 Å². The Morgan fingerprint density at radius 1 is 1.30 bits per heavy atom. The summed E-state index contributed by atoms with van der Waals surface area (Å²) in [5, 5.41) is 11.1. The van der Waals surface area contributed by atoms with E-state index in [0.717, 1.165) is 41.8 Å². The smallest absolute Gasteiger partial charge is 0.235 e. The summed E-state index contributed by atoms with van der Waals surface area (Å²) in [6.07, 6.45) is 6.67. The molecule has 1 N–H and O–H groups in total. The fraction of sp³-hybridized carbons (Fsp3) is 0.304. The van der Waals surface area contributed by atoms with Gasteiger partial charge in [0.2, 0.25) is 5.78 Å². The van der Waals surface area contributed by atoms with Crippen LogP contribution < -0.4 is 9.64 Å². The highest BCUT2D eigenvalue weighted by Crippen LogP contribution is 2.39. The molecule has 0 bridgehead atoms. The molecule has 0 aliphatic carbocycles. The maximum Gasteiger partial charge on any atom is 0.235 e. The summed E-state index contributed by atoms with van der Waals surface area (Å²) in [5.41, 5.74) is 3.07. The van der Waals surface area contributed by atoms with Gasteiger partial charge in [0.1, 0.15) is 22.7 Å². The van der Waals surface area contributed by atoms with E-state index in [1.54, 1.807) is 18.2 Å². The summed E-state index contributed by atoms with van der Waals surface area (Å²) in [7, 11) is 6.18. The standard InChI is InChI=1S/C23H24N4O3/c1-25(2)15-8-10-27(13-15)16-7-9-24-23-20(16)14(12-26(23)3)11-19-22(29)21-17(28)5-4-6-18(21)30-19/h4-7,9,11-12,15,28H,8,10,13H2,1-3H3. The van der Waals surface area contributed by atoms with Crippen LogP contribution >= 0.6 is 0 Å². The van der Waals surface area contributed by atoms with Gasteiger partial charge in [-0.2, -0.15) is 0 Å². The molecule has 0 radical (unpaired) electrons. The lowest BCUT2D eigenvalue weighted by Gasteiger charge is -2.22. The number of rotatable bonds is 3. The van der Waals surface area contributed by atoms with Gasteiger partial charge in [-0.3, -0.25) is 4.79 Å². The molecule has 3 aromatic rings. The van der Waals surface area contributed by atoms with Gasteiger partial charge in [-0.1, -0.05) is 6.07 Å². The van der Waals surface area contributed by atoms with Crippen LogP contribution in [0.3, 0.4) is 0 Å². The number of ketones is 1. The number of anilines is 1. The zero-order chi connectivity index (χ0) is 21.0. The second kappa shape index (κ2) is 6.88. The van der Waals surface area contributed by atoms with Crippen LogP contribution in [0.15, 0.2) is 42.4 Å². The first-order chi connectivity index (χ1) is 14.4. The largest absolute Gasteiger partial charge is 0.507 e. The minimum atomic E-state index is -0.306. The predicted octanol–water partition coefficient (Wildman–Crippen LogP) is 3.04. The molecule has 0 saturated carbocycles. The van der Waals surface area contributed by atoms with Gasteiger partial charge in [-0.05, 0) is 44.8 Å². The first-order valence-corrected chi connectivity index (χ1v) is 10.1. The Morgan fingerprint density at radius 3 is 2.87 bits per heavy atom. The average molecular weight is 404 g/mol. The second-order valence-corrected chi connectivity index (χ2v) is 8.17. The molecule has 30 heavy (non-hydrogen) atoms. The van der Waals surface area contributed by atoms with E-state index in [1.807, 2.05) is 30.1 Å². The number of ether oxygens (including phenoxy) is 1. The molecule has 5 rings (SSSR count). The monoisotopic (exact) mass is 404 g/mol. The maximum atomic E-state index is 12.8. The highest BCUT2D eigenvalue weighted by atomic mass is 16.5. The first-order valence-electron chi connectivity index (χ1n) is 10.1. The van der Waals surface area contributed by atoms with E-state index in [1.165, 1.54) is 6.07 Å². The van der Waals surface area contributed by atoms with Crippen molar-refractivity contribution in [2.45, 2.75) is 12.5 Å². The van der Waals surface area contributed by atoms with Crippen molar-refractivity contribution in [2.75, 3.05) is 32.1 Å². The van der Waals surface area contributed by atoms with Crippen molar-refractivity contribution < 1.29 is 14.6 Å². The third kappa shape index (κ3) is 2.85. The number of phenolic OH excluding ortho intramolecular Hbond substituents is 1. The molecular weight excluding hydrogens is 380 g/mol. The number of carbonyl (C=O) groups is 1. The predicted molar refractivity (Wildman–Crippen MR) is 116 cm³/mol. The minimum Gasteiger partial charge on any atom is -0.507 e. The van der Waals surface area contributed by atoms with Crippen LogP contribution in [0.5, 0.6) is 11.5 Å². The number of allylic oxidation sites excluding steroid dienone is 1. The van der Waals surface area contributed by atoms with Crippen molar-refractivity contribution in [3.63, 3.8) is 0 Å². The van der Waals surface area contributed by atoms with E-state index in [0.29, 0.717) is 11.8 Å². The molecule has 0 amide bonds. The Labute approximate surface area is 174 Å². The van der Waals surface area contributed by atoms with Crippen molar-refractivity contribution in [2.24, 2.45) is 7.05 Å². The Bertz CT molecular complexity index is 1190. The van der Waals surface area contributed by atoms with Gasteiger partial charge in [-0.25, -0.2) is 4.98 Å². The van der Waals surface area contributed by atoms with E-state index < -0.39 is 0 Å². The normalized spacial score (nSPS) is 19.9. The number of aryl methyl sites for hydroxylation is 1. The van der Waals surface area contributed by atoms with Crippen molar-refractivity contribution >= 4 is 28.6 Å². The van der Waals surface area contributed by atoms with Crippen LogP contribution in [0.2, 0.25) is 0 Å². The van der Waals surface area contributed by atoms with Crippen LogP contribution in [0.1, 0.15) is 22.3 Å². The highest BCUT2D eigenvalue weighted by Gasteiger charge is 2.31. The fourth-order valence-electron chi connectivity index (χ4n) is 4.43. The molecule has 1 fully saturated rings. The summed E-state index contributed by atoms with van der Waals surface area (Å²) >= 11 is 0. The summed E-state index contributed by atoms with van der Waals surface area (Å²) in [4.78, 5) is 22.0. The minimum absolute atomic E-state index is 0.0621.